The lowest BCUT2D eigenvalue weighted by Gasteiger charge is -2.17. The number of imidazole rings is 1. The van der Waals surface area contributed by atoms with Crippen molar-refractivity contribution in [1.82, 2.24) is 9.38 Å². The smallest absolute Gasteiger partial charge is 0.146 e. The first-order valence-corrected chi connectivity index (χ1v) is 19.2. The van der Waals surface area contributed by atoms with E-state index in [2.05, 4.69) is 199 Å². The molecule has 0 saturated heterocycles. The van der Waals surface area contributed by atoms with Gasteiger partial charge >= 0.3 is 0 Å². The van der Waals surface area contributed by atoms with Crippen molar-refractivity contribution in [3.63, 3.8) is 0 Å². The van der Waals surface area contributed by atoms with Crippen LogP contribution < -0.4 is 0 Å². The fraction of sp³-hybridized carbons (Fsp3) is 0. The molecule has 11 aromatic rings. The minimum Gasteiger partial charge on any atom is -0.291 e. The van der Waals surface area contributed by atoms with Gasteiger partial charge in [0, 0.05) is 47.6 Å². The van der Waals surface area contributed by atoms with Crippen molar-refractivity contribution in [2.24, 2.45) is 0 Å². The quantitative estimate of drug-likeness (QED) is 0.163. The zero-order valence-electron chi connectivity index (χ0n) is 29.3. The van der Waals surface area contributed by atoms with Gasteiger partial charge in [0.1, 0.15) is 5.65 Å². The topological polar surface area (TPSA) is 17.3 Å². The summed E-state index contributed by atoms with van der Waals surface area (Å²) in [6.07, 6.45) is 0. The molecule has 252 valence electrons. The SMILES string of the molecule is c1ccc(-c2nc3c4ccccc4c4cc(-c5ccccc5-c5ccccc5-c5cccc6c5sc5ccccc56)ccc4n3c2-c2ccccc2)cc1. The van der Waals surface area contributed by atoms with Crippen LogP contribution in [0, 0.1) is 0 Å². The highest BCUT2D eigenvalue weighted by Gasteiger charge is 2.22. The second kappa shape index (κ2) is 12.4. The van der Waals surface area contributed by atoms with Crippen molar-refractivity contribution in [3.05, 3.63) is 194 Å². The van der Waals surface area contributed by atoms with E-state index < -0.39 is 0 Å². The third-order valence-corrected chi connectivity index (χ3v) is 12.0. The molecule has 0 amide bonds. The Kier molecular flexibility index (Phi) is 7.07. The molecule has 3 heteroatoms. The third kappa shape index (κ3) is 4.76. The van der Waals surface area contributed by atoms with Gasteiger partial charge in [-0.25, -0.2) is 4.98 Å². The van der Waals surface area contributed by atoms with Crippen LogP contribution in [-0.2, 0) is 0 Å². The van der Waals surface area contributed by atoms with Crippen LogP contribution in [0.3, 0.4) is 0 Å². The first-order chi connectivity index (χ1) is 26.8. The van der Waals surface area contributed by atoms with E-state index in [9.17, 15) is 0 Å². The number of fused-ring (bicyclic) bond motifs is 9. The molecule has 0 radical (unpaired) electrons. The Morgan fingerprint density at radius 3 is 1.69 bits per heavy atom. The number of thiophene rings is 1. The third-order valence-electron chi connectivity index (χ3n) is 10.8. The lowest BCUT2D eigenvalue weighted by atomic mass is 9.88. The summed E-state index contributed by atoms with van der Waals surface area (Å²) in [6, 6.07) is 70.2. The maximum absolute atomic E-state index is 5.41. The van der Waals surface area contributed by atoms with E-state index >= 15 is 0 Å². The summed E-state index contributed by atoms with van der Waals surface area (Å²) in [5, 5.41) is 6.16. The molecule has 0 aliphatic rings. The molecule has 2 nitrogen and oxygen atoms in total. The van der Waals surface area contributed by atoms with Crippen molar-refractivity contribution in [3.8, 4) is 55.9 Å². The fourth-order valence-corrected chi connectivity index (χ4v) is 9.63. The highest BCUT2D eigenvalue weighted by atomic mass is 32.1. The predicted molar refractivity (Wildman–Crippen MR) is 230 cm³/mol. The first kappa shape index (κ1) is 30.8. The molecule has 8 aromatic carbocycles. The Labute approximate surface area is 316 Å². The van der Waals surface area contributed by atoms with Gasteiger partial charge in [-0.15, -0.1) is 11.3 Å². The van der Waals surface area contributed by atoms with Crippen molar-refractivity contribution in [2.45, 2.75) is 0 Å². The first-order valence-electron chi connectivity index (χ1n) is 18.4. The number of nitrogens with zero attached hydrogens (tertiary/aromatic N) is 2. The van der Waals surface area contributed by atoms with Crippen molar-refractivity contribution < 1.29 is 0 Å². The number of rotatable bonds is 5. The molecule has 0 fully saturated rings. The van der Waals surface area contributed by atoms with Crippen LogP contribution in [0.1, 0.15) is 0 Å². The summed E-state index contributed by atoms with van der Waals surface area (Å²) in [6.45, 7) is 0. The predicted octanol–water partition coefficient (Wildman–Crippen LogP) is 14.3. The Balaban J connectivity index is 1.16. The van der Waals surface area contributed by atoms with Gasteiger partial charge in [-0.2, -0.15) is 0 Å². The second-order valence-corrected chi connectivity index (χ2v) is 14.9. The molecule has 0 aliphatic heterocycles. The van der Waals surface area contributed by atoms with Crippen LogP contribution in [0.2, 0.25) is 0 Å². The Hall–Kier alpha value is -6.81. The Morgan fingerprint density at radius 1 is 0.370 bits per heavy atom. The van der Waals surface area contributed by atoms with Gasteiger partial charge in [-0.3, -0.25) is 4.40 Å². The number of aromatic nitrogens is 2. The van der Waals surface area contributed by atoms with E-state index in [0.717, 1.165) is 39.1 Å². The van der Waals surface area contributed by atoms with Crippen molar-refractivity contribution >= 4 is 58.8 Å². The summed E-state index contributed by atoms with van der Waals surface area (Å²) in [5.41, 5.74) is 13.8. The average molecular weight is 705 g/mol. The van der Waals surface area contributed by atoms with E-state index in [1.165, 1.54) is 64.3 Å². The zero-order chi connectivity index (χ0) is 35.6. The minimum atomic E-state index is 0.966. The van der Waals surface area contributed by atoms with Crippen LogP contribution in [0.15, 0.2) is 194 Å². The van der Waals surface area contributed by atoms with E-state index in [1.54, 1.807) is 0 Å². The van der Waals surface area contributed by atoms with Gasteiger partial charge in [0.05, 0.1) is 16.9 Å². The van der Waals surface area contributed by atoms with E-state index in [4.69, 9.17) is 4.98 Å². The summed E-state index contributed by atoms with van der Waals surface area (Å²) < 4.78 is 5.03. The number of pyridine rings is 1. The lowest BCUT2D eigenvalue weighted by Crippen LogP contribution is -1.95. The molecular formula is C51H32N2S. The van der Waals surface area contributed by atoms with E-state index in [1.807, 2.05) is 11.3 Å². The molecule has 0 bridgehead atoms. The highest BCUT2D eigenvalue weighted by molar-refractivity contribution is 7.26. The number of hydrogen-bond donors (Lipinski definition) is 0. The number of benzene rings is 8. The van der Waals surface area contributed by atoms with Gasteiger partial charge in [0.25, 0.3) is 0 Å². The van der Waals surface area contributed by atoms with Crippen LogP contribution in [0.5, 0.6) is 0 Å². The molecule has 3 aromatic heterocycles. The van der Waals surface area contributed by atoms with E-state index in [-0.39, 0.29) is 0 Å². The van der Waals surface area contributed by atoms with E-state index in [0.29, 0.717) is 0 Å². The van der Waals surface area contributed by atoms with Gasteiger partial charge in [-0.05, 0) is 51.4 Å². The molecule has 0 atom stereocenters. The van der Waals surface area contributed by atoms with Crippen molar-refractivity contribution in [2.75, 3.05) is 0 Å². The molecule has 0 saturated carbocycles. The fourth-order valence-electron chi connectivity index (χ4n) is 8.40. The molecule has 0 aliphatic carbocycles. The van der Waals surface area contributed by atoms with Crippen LogP contribution in [0.25, 0.3) is 103 Å². The van der Waals surface area contributed by atoms with Crippen LogP contribution >= 0.6 is 11.3 Å². The Morgan fingerprint density at radius 2 is 0.926 bits per heavy atom. The van der Waals surface area contributed by atoms with Gasteiger partial charge < -0.3 is 0 Å². The summed E-state index contributed by atoms with van der Waals surface area (Å²) in [4.78, 5) is 5.41. The highest BCUT2D eigenvalue weighted by Crippen LogP contribution is 2.45. The van der Waals surface area contributed by atoms with Crippen molar-refractivity contribution in [1.29, 1.82) is 0 Å². The van der Waals surface area contributed by atoms with Gasteiger partial charge in [0.15, 0.2) is 0 Å². The maximum Gasteiger partial charge on any atom is 0.146 e. The summed E-state index contributed by atoms with van der Waals surface area (Å²) in [7, 11) is 0. The van der Waals surface area contributed by atoms with Gasteiger partial charge in [0.2, 0.25) is 0 Å². The van der Waals surface area contributed by atoms with Gasteiger partial charge in [-0.1, -0.05) is 176 Å². The molecule has 54 heavy (non-hydrogen) atoms. The van der Waals surface area contributed by atoms with Crippen LogP contribution in [-0.4, -0.2) is 9.38 Å². The second-order valence-electron chi connectivity index (χ2n) is 13.8. The average Bonchev–Trinajstić information content (AvgIpc) is 3.84. The maximum atomic E-state index is 5.41. The summed E-state index contributed by atoms with van der Waals surface area (Å²) in [5.74, 6) is 0. The largest absolute Gasteiger partial charge is 0.291 e. The molecule has 3 heterocycles. The zero-order valence-corrected chi connectivity index (χ0v) is 30.1. The normalized spacial score (nSPS) is 11.7. The molecule has 0 unspecified atom stereocenters. The van der Waals surface area contributed by atoms with Crippen LogP contribution in [0.4, 0.5) is 0 Å². The molecular weight excluding hydrogens is 673 g/mol. The lowest BCUT2D eigenvalue weighted by molar-refractivity contribution is 1.27. The molecule has 11 rings (SSSR count). The Bertz CT molecular complexity index is 3210. The standard InChI is InChI=1S/C51H32N2S/c1-3-16-33(17-4-1)48-49(34-18-5-2-6-19-34)53-46-31-30-35(32-45(46)40-24-11-12-26-44(40)51(53)52-48)36-20-7-8-21-37(36)38-22-9-10-23-39(38)42-27-15-28-43-41-25-13-14-29-47(41)54-50(42)43/h1-32H. The minimum absolute atomic E-state index is 0.966. The molecule has 0 spiro atoms. The number of hydrogen-bond acceptors (Lipinski definition) is 2. The summed E-state index contributed by atoms with van der Waals surface area (Å²) >= 11 is 1.88. The molecule has 0 N–H and O–H groups in total. The monoisotopic (exact) mass is 704 g/mol.